The number of hydrogen-bond acceptors (Lipinski definition) is 2. The van der Waals surface area contributed by atoms with E-state index in [4.69, 9.17) is 35.4 Å². The third kappa shape index (κ3) is 2.43. The van der Waals surface area contributed by atoms with E-state index in [1.165, 1.54) is 0 Å². The second-order valence-electron chi connectivity index (χ2n) is 3.34. The van der Waals surface area contributed by atoms with Crippen molar-refractivity contribution >= 4 is 35.4 Å². The summed E-state index contributed by atoms with van der Waals surface area (Å²) in [6.07, 6.45) is 0. The van der Waals surface area contributed by atoms with Crippen molar-refractivity contribution in [2.24, 2.45) is 0 Å². The van der Waals surface area contributed by atoms with Crippen molar-refractivity contribution in [3.05, 3.63) is 44.8 Å². The van der Waals surface area contributed by atoms with E-state index >= 15 is 0 Å². The van der Waals surface area contributed by atoms with Crippen LogP contribution >= 0.6 is 35.4 Å². The molecule has 0 aliphatic rings. The van der Waals surface area contributed by atoms with Gasteiger partial charge in [0.15, 0.2) is 0 Å². The van der Waals surface area contributed by atoms with E-state index in [2.05, 4.69) is 9.97 Å². The molecule has 1 N–H and O–H groups in total. The number of halogens is 2. The number of benzene rings is 1. The highest BCUT2D eigenvalue weighted by Gasteiger charge is 2.05. The van der Waals surface area contributed by atoms with Gasteiger partial charge in [0.25, 0.3) is 0 Å². The zero-order valence-electron chi connectivity index (χ0n) is 8.42. The summed E-state index contributed by atoms with van der Waals surface area (Å²) in [7, 11) is 0. The summed E-state index contributed by atoms with van der Waals surface area (Å²) in [5, 5.41) is 1.26. The average Bonchev–Trinajstić information content (AvgIpc) is 2.20. The number of aryl methyl sites for hydroxylation is 1. The molecule has 0 fully saturated rings. The first kappa shape index (κ1) is 11.6. The molecule has 0 aliphatic heterocycles. The van der Waals surface area contributed by atoms with Crippen LogP contribution in [0.5, 0.6) is 0 Å². The Kier molecular flexibility index (Phi) is 3.28. The van der Waals surface area contributed by atoms with E-state index in [1.54, 1.807) is 24.3 Å². The molecule has 82 valence electrons. The lowest BCUT2D eigenvalue weighted by molar-refractivity contribution is 1.05. The highest BCUT2D eigenvalue weighted by Crippen LogP contribution is 2.29. The van der Waals surface area contributed by atoms with Crippen LogP contribution in [-0.2, 0) is 0 Å². The smallest absolute Gasteiger partial charge is 0.130 e. The molecular formula is C11H8Cl2N2S. The molecule has 5 heteroatoms. The highest BCUT2D eigenvalue weighted by molar-refractivity contribution is 7.71. The largest absolute Gasteiger partial charge is 0.343 e. The number of aromatic amines is 1. The van der Waals surface area contributed by atoms with Crippen LogP contribution in [0, 0.1) is 11.6 Å². The van der Waals surface area contributed by atoms with Gasteiger partial charge >= 0.3 is 0 Å². The number of aromatic nitrogens is 2. The van der Waals surface area contributed by atoms with Gasteiger partial charge in [-0.05, 0) is 31.2 Å². The van der Waals surface area contributed by atoms with E-state index in [0.717, 1.165) is 17.1 Å². The van der Waals surface area contributed by atoms with Crippen molar-refractivity contribution in [1.82, 2.24) is 9.97 Å². The normalized spacial score (nSPS) is 10.4. The second-order valence-corrected chi connectivity index (χ2v) is 4.60. The molecule has 0 amide bonds. The maximum Gasteiger partial charge on any atom is 0.130 e. The maximum absolute atomic E-state index is 6.10. The quantitative estimate of drug-likeness (QED) is 0.778. The van der Waals surface area contributed by atoms with Gasteiger partial charge in [-0.25, -0.2) is 4.98 Å². The Balaban J connectivity index is 2.66. The lowest BCUT2D eigenvalue weighted by Gasteiger charge is -2.06. The van der Waals surface area contributed by atoms with Gasteiger partial charge in [0.05, 0.1) is 5.69 Å². The van der Waals surface area contributed by atoms with Gasteiger partial charge in [-0.2, -0.15) is 0 Å². The Bertz CT molecular complexity index is 593. The fourth-order valence-electron chi connectivity index (χ4n) is 1.43. The molecule has 0 aliphatic carbocycles. The summed E-state index contributed by atoms with van der Waals surface area (Å²) in [5.41, 5.74) is 1.65. The standard InChI is InChI=1S/C11H8Cl2N2S/c1-6-14-10(5-11(16)15-6)8-4-7(12)2-3-9(8)13/h2-5H,1H3,(H,14,15,16). The topological polar surface area (TPSA) is 28.7 Å². The first-order chi connectivity index (χ1) is 7.56. The van der Waals surface area contributed by atoms with Gasteiger partial charge in [-0.3, -0.25) is 0 Å². The molecule has 16 heavy (non-hydrogen) atoms. The lowest BCUT2D eigenvalue weighted by atomic mass is 10.1. The van der Waals surface area contributed by atoms with Crippen LogP contribution in [0.4, 0.5) is 0 Å². The zero-order chi connectivity index (χ0) is 11.7. The van der Waals surface area contributed by atoms with Crippen LogP contribution in [0.25, 0.3) is 11.3 Å². The molecule has 0 atom stereocenters. The minimum atomic E-state index is 0.530. The summed E-state index contributed by atoms with van der Waals surface area (Å²) in [5.74, 6) is 0.749. The SMILES string of the molecule is Cc1nc(=S)cc(-c2cc(Cl)ccc2Cl)[nH]1. The van der Waals surface area contributed by atoms with Crippen LogP contribution in [-0.4, -0.2) is 9.97 Å². The maximum atomic E-state index is 6.10. The van der Waals surface area contributed by atoms with E-state index in [1.807, 2.05) is 6.92 Å². The third-order valence-electron chi connectivity index (χ3n) is 2.08. The number of rotatable bonds is 1. The molecule has 1 heterocycles. The lowest BCUT2D eigenvalue weighted by Crippen LogP contribution is -1.92. The molecule has 0 bridgehead atoms. The number of hydrogen-bond donors (Lipinski definition) is 1. The molecule has 1 aromatic heterocycles. The third-order valence-corrected chi connectivity index (χ3v) is 2.85. The van der Waals surface area contributed by atoms with Crippen molar-refractivity contribution in [1.29, 1.82) is 0 Å². The van der Waals surface area contributed by atoms with Gasteiger partial charge in [0.2, 0.25) is 0 Å². The Morgan fingerprint density at radius 2 is 2.00 bits per heavy atom. The molecule has 2 nitrogen and oxygen atoms in total. The van der Waals surface area contributed by atoms with E-state index in [-0.39, 0.29) is 0 Å². The molecule has 0 spiro atoms. The zero-order valence-corrected chi connectivity index (χ0v) is 10.7. The van der Waals surface area contributed by atoms with E-state index in [0.29, 0.717) is 14.7 Å². The van der Waals surface area contributed by atoms with Crippen LogP contribution in [0.1, 0.15) is 5.82 Å². The summed E-state index contributed by atoms with van der Waals surface area (Å²) < 4.78 is 0.530. The summed E-state index contributed by atoms with van der Waals surface area (Å²) in [6, 6.07) is 7.06. The van der Waals surface area contributed by atoms with Gasteiger partial charge in [-0.1, -0.05) is 35.4 Å². The fraction of sp³-hybridized carbons (Fsp3) is 0.0909. The van der Waals surface area contributed by atoms with Crippen molar-refractivity contribution < 1.29 is 0 Å². The monoisotopic (exact) mass is 270 g/mol. The van der Waals surface area contributed by atoms with E-state index < -0.39 is 0 Å². The summed E-state index contributed by atoms with van der Waals surface area (Å²) in [6.45, 7) is 1.84. The Morgan fingerprint density at radius 3 is 2.69 bits per heavy atom. The first-order valence-corrected chi connectivity index (χ1v) is 5.76. The predicted molar refractivity (Wildman–Crippen MR) is 69.6 cm³/mol. The minimum Gasteiger partial charge on any atom is -0.343 e. The van der Waals surface area contributed by atoms with Crippen molar-refractivity contribution in [2.75, 3.05) is 0 Å². The summed E-state index contributed by atoms with van der Waals surface area (Å²) in [4.78, 5) is 7.21. The second kappa shape index (κ2) is 4.53. The Labute approximate surface area is 108 Å². The molecule has 0 radical (unpaired) electrons. The average molecular weight is 271 g/mol. The van der Waals surface area contributed by atoms with Crippen molar-refractivity contribution in [2.45, 2.75) is 6.92 Å². The Hall–Kier alpha value is -0.900. The van der Waals surface area contributed by atoms with Crippen LogP contribution in [0.3, 0.4) is 0 Å². The van der Waals surface area contributed by atoms with E-state index in [9.17, 15) is 0 Å². The molecule has 1 aromatic carbocycles. The van der Waals surface area contributed by atoms with Gasteiger partial charge in [0.1, 0.15) is 10.5 Å². The molecule has 0 saturated carbocycles. The molecule has 0 saturated heterocycles. The number of nitrogens with zero attached hydrogens (tertiary/aromatic N) is 1. The van der Waals surface area contributed by atoms with Crippen LogP contribution in [0.2, 0.25) is 10.0 Å². The van der Waals surface area contributed by atoms with Gasteiger partial charge in [-0.15, -0.1) is 0 Å². The van der Waals surface area contributed by atoms with Gasteiger partial charge < -0.3 is 4.98 Å². The van der Waals surface area contributed by atoms with Gasteiger partial charge in [0, 0.05) is 15.6 Å². The Morgan fingerprint density at radius 1 is 1.25 bits per heavy atom. The molecule has 2 aromatic rings. The first-order valence-electron chi connectivity index (χ1n) is 4.59. The molecule has 2 rings (SSSR count). The van der Waals surface area contributed by atoms with Crippen LogP contribution in [0.15, 0.2) is 24.3 Å². The van der Waals surface area contributed by atoms with Crippen molar-refractivity contribution in [3.63, 3.8) is 0 Å². The fourth-order valence-corrected chi connectivity index (χ4v) is 2.08. The summed E-state index contributed by atoms with van der Waals surface area (Å²) >= 11 is 17.1. The predicted octanol–water partition coefficient (Wildman–Crippen LogP) is 4.42. The van der Waals surface area contributed by atoms with Crippen molar-refractivity contribution in [3.8, 4) is 11.3 Å². The minimum absolute atomic E-state index is 0.530. The van der Waals surface area contributed by atoms with Crippen LogP contribution < -0.4 is 0 Å². The molecule has 0 unspecified atom stereocenters. The highest BCUT2D eigenvalue weighted by atomic mass is 35.5. The number of H-pyrrole nitrogens is 1. The number of nitrogens with one attached hydrogen (secondary N) is 1. The molecular weight excluding hydrogens is 263 g/mol.